The minimum Gasteiger partial charge on any atom is -0.386 e. The molecule has 0 fully saturated rings. The summed E-state index contributed by atoms with van der Waals surface area (Å²) in [6.45, 7) is 3.96. The Hall–Kier alpha value is -0.660. The van der Waals surface area contributed by atoms with Crippen molar-refractivity contribution in [1.29, 1.82) is 0 Å². The summed E-state index contributed by atoms with van der Waals surface area (Å²) in [6, 6.07) is 7.02. The molecule has 0 aliphatic carbocycles. The summed E-state index contributed by atoms with van der Waals surface area (Å²) < 4.78 is 29.9. The van der Waals surface area contributed by atoms with Crippen molar-refractivity contribution in [3.63, 3.8) is 0 Å². The molecule has 1 unspecified atom stereocenters. The van der Waals surface area contributed by atoms with Crippen LogP contribution >= 0.6 is 11.6 Å². The zero-order valence-corrected chi connectivity index (χ0v) is 13.1. The average molecular weight is 322 g/mol. The standard InChI is InChI=1S/C13H20ClNO4S/c1-13(2,15-8-5-9-20(17,18)19)12(16)10-6-3-4-7-11(10)14/h3-4,6-7,12,15-16H,5,8-9H2,1-2H3,(H,17,18,19). The molecule has 0 saturated carbocycles. The predicted octanol–water partition coefficient (Wildman–Crippen LogP) is 2.02. The number of hydrogen-bond donors (Lipinski definition) is 3. The van der Waals surface area contributed by atoms with Crippen molar-refractivity contribution < 1.29 is 18.1 Å². The molecule has 7 heteroatoms. The Morgan fingerprint density at radius 1 is 1.35 bits per heavy atom. The van der Waals surface area contributed by atoms with Gasteiger partial charge in [0.15, 0.2) is 0 Å². The van der Waals surface area contributed by atoms with Crippen LogP contribution in [-0.4, -0.2) is 35.9 Å². The molecule has 3 N–H and O–H groups in total. The molecule has 1 aromatic rings. The molecule has 5 nitrogen and oxygen atoms in total. The predicted molar refractivity (Wildman–Crippen MR) is 79.5 cm³/mol. The van der Waals surface area contributed by atoms with Crippen LogP contribution in [0.3, 0.4) is 0 Å². The summed E-state index contributed by atoms with van der Waals surface area (Å²) in [5.74, 6) is -0.307. The van der Waals surface area contributed by atoms with Crippen LogP contribution in [-0.2, 0) is 10.1 Å². The van der Waals surface area contributed by atoms with Gasteiger partial charge in [-0.3, -0.25) is 4.55 Å². The molecule has 0 radical (unpaired) electrons. The highest BCUT2D eigenvalue weighted by Crippen LogP contribution is 2.30. The quantitative estimate of drug-likeness (QED) is 0.528. The van der Waals surface area contributed by atoms with Crippen LogP contribution in [0.1, 0.15) is 31.9 Å². The molecule has 1 aromatic carbocycles. The fraction of sp³-hybridized carbons (Fsp3) is 0.538. The summed E-state index contributed by atoms with van der Waals surface area (Å²) in [5, 5.41) is 13.9. The molecule has 0 aromatic heterocycles. The lowest BCUT2D eigenvalue weighted by atomic mass is 9.91. The van der Waals surface area contributed by atoms with Gasteiger partial charge in [0, 0.05) is 16.1 Å². The van der Waals surface area contributed by atoms with Gasteiger partial charge in [-0.1, -0.05) is 29.8 Å². The van der Waals surface area contributed by atoms with Crippen LogP contribution in [0.2, 0.25) is 5.02 Å². The maximum atomic E-state index is 10.6. The first kappa shape index (κ1) is 17.4. The van der Waals surface area contributed by atoms with Crippen molar-refractivity contribution in [2.45, 2.75) is 31.9 Å². The second kappa shape index (κ2) is 6.87. The van der Waals surface area contributed by atoms with Gasteiger partial charge in [-0.05, 0) is 32.9 Å². The summed E-state index contributed by atoms with van der Waals surface area (Å²) >= 11 is 6.05. The first-order chi connectivity index (χ1) is 9.13. The zero-order chi connectivity index (χ0) is 15.4. The topological polar surface area (TPSA) is 86.6 Å². The van der Waals surface area contributed by atoms with E-state index in [1.54, 1.807) is 38.1 Å². The van der Waals surface area contributed by atoms with Crippen molar-refractivity contribution in [2.75, 3.05) is 12.3 Å². The number of hydrogen-bond acceptors (Lipinski definition) is 4. The summed E-state index contributed by atoms with van der Waals surface area (Å²) in [7, 11) is -3.94. The summed E-state index contributed by atoms with van der Waals surface area (Å²) in [4.78, 5) is 0. The van der Waals surface area contributed by atoms with E-state index in [0.29, 0.717) is 17.1 Å². The number of halogens is 1. The lowest BCUT2D eigenvalue weighted by Crippen LogP contribution is -2.45. The van der Waals surface area contributed by atoms with Crippen molar-refractivity contribution in [3.8, 4) is 0 Å². The monoisotopic (exact) mass is 321 g/mol. The van der Waals surface area contributed by atoms with E-state index in [4.69, 9.17) is 16.2 Å². The lowest BCUT2D eigenvalue weighted by Gasteiger charge is -2.32. The van der Waals surface area contributed by atoms with Crippen molar-refractivity contribution >= 4 is 21.7 Å². The van der Waals surface area contributed by atoms with Crippen LogP contribution in [0.5, 0.6) is 0 Å². The highest BCUT2D eigenvalue weighted by Gasteiger charge is 2.29. The molecule has 0 heterocycles. The van der Waals surface area contributed by atoms with Gasteiger partial charge in [0.2, 0.25) is 0 Å². The van der Waals surface area contributed by atoms with E-state index >= 15 is 0 Å². The third kappa shape index (κ3) is 5.38. The van der Waals surface area contributed by atoms with Crippen LogP contribution in [0.4, 0.5) is 0 Å². The smallest absolute Gasteiger partial charge is 0.264 e. The van der Waals surface area contributed by atoms with Gasteiger partial charge in [0.25, 0.3) is 10.1 Å². The maximum absolute atomic E-state index is 10.6. The van der Waals surface area contributed by atoms with Gasteiger partial charge in [-0.25, -0.2) is 0 Å². The fourth-order valence-corrected chi connectivity index (χ4v) is 2.60. The highest BCUT2D eigenvalue weighted by atomic mass is 35.5. The Labute approximate surface area is 124 Å². The van der Waals surface area contributed by atoms with Crippen LogP contribution in [0, 0.1) is 0 Å². The van der Waals surface area contributed by atoms with Crippen LogP contribution in [0.25, 0.3) is 0 Å². The molecule has 0 amide bonds. The van der Waals surface area contributed by atoms with E-state index in [2.05, 4.69) is 5.32 Å². The Morgan fingerprint density at radius 2 is 1.95 bits per heavy atom. The van der Waals surface area contributed by atoms with Crippen molar-refractivity contribution in [1.82, 2.24) is 5.32 Å². The number of aliphatic hydroxyl groups excluding tert-OH is 1. The molecule has 0 aliphatic rings. The first-order valence-corrected chi connectivity index (χ1v) is 8.25. The molecule has 0 bridgehead atoms. The highest BCUT2D eigenvalue weighted by molar-refractivity contribution is 7.85. The molecule has 20 heavy (non-hydrogen) atoms. The Bertz CT molecular complexity index is 545. The van der Waals surface area contributed by atoms with E-state index in [0.717, 1.165) is 0 Å². The van der Waals surface area contributed by atoms with Gasteiger partial charge in [0.05, 0.1) is 11.9 Å². The van der Waals surface area contributed by atoms with Crippen LogP contribution < -0.4 is 5.32 Å². The molecule has 1 atom stereocenters. The van der Waals surface area contributed by atoms with E-state index in [1.807, 2.05) is 0 Å². The zero-order valence-electron chi connectivity index (χ0n) is 11.5. The van der Waals surface area contributed by atoms with Gasteiger partial charge in [-0.2, -0.15) is 8.42 Å². The Balaban J connectivity index is 2.62. The normalized spacial score (nSPS) is 14.2. The summed E-state index contributed by atoms with van der Waals surface area (Å²) in [5.41, 5.74) is -0.0639. The largest absolute Gasteiger partial charge is 0.386 e. The third-order valence-electron chi connectivity index (χ3n) is 3.04. The minimum atomic E-state index is -3.94. The third-order valence-corrected chi connectivity index (χ3v) is 4.19. The number of benzene rings is 1. The van der Waals surface area contributed by atoms with Crippen molar-refractivity contribution in [2.24, 2.45) is 0 Å². The second-order valence-corrected chi connectivity index (χ2v) is 7.19. The van der Waals surface area contributed by atoms with E-state index in [1.165, 1.54) is 0 Å². The first-order valence-electron chi connectivity index (χ1n) is 6.26. The lowest BCUT2D eigenvalue weighted by molar-refractivity contribution is 0.0806. The Kier molecular flexibility index (Phi) is 5.97. The fourth-order valence-electron chi connectivity index (χ4n) is 1.85. The van der Waals surface area contributed by atoms with Crippen molar-refractivity contribution in [3.05, 3.63) is 34.9 Å². The van der Waals surface area contributed by atoms with Gasteiger partial charge in [-0.15, -0.1) is 0 Å². The molecular formula is C13H20ClNO4S. The van der Waals surface area contributed by atoms with Gasteiger partial charge in [0.1, 0.15) is 0 Å². The van der Waals surface area contributed by atoms with Crippen LogP contribution in [0.15, 0.2) is 24.3 Å². The minimum absolute atomic E-state index is 0.261. The molecule has 114 valence electrons. The molecule has 1 rings (SSSR count). The number of aliphatic hydroxyl groups is 1. The second-order valence-electron chi connectivity index (χ2n) is 5.21. The SMILES string of the molecule is CC(C)(NCCCS(=O)(=O)O)C(O)c1ccccc1Cl. The van der Waals surface area contributed by atoms with Gasteiger partial charge < -0.3 is 10.4 Å². The average Bonchev–Trinajstić information content (AvgIpc) is 2.33. The molecule has 0 aliphatic heterocycles. The van der Waals surface area contributed by atoms with E-state index in [-0.39, 0.29) is 12.2 Å². The Morgan fingerprint density at radius 3 is 2.50 bits per heavy atom. The molecule has 0 saturated heterocycles. The molecular weight excluding hydrogens is 302 g/mol. The van der Waals surface area contributed by atoms with E-state index in [9.17, 15) is 13.5 Å². The van der Waals surface area contributed by atoms with E-state index < -0.39 is 21.8 Å². The molecule has 0 spiro atoms. The maximum Gasteiger partial charge on any atom is 0.264 e. The summed E-state index contributed by atoms with van der Waals surface area (Å²) in [6.07, 6.45) is -0.570. The number of rotatable bonds is 7. The number of nitrogens with one attached hydrogen (secondary N) is 1. The van der Waals surface area contributed by atoms with Gasteiger partial charge >= 0.3 is 0 Å².